The maximum absolute atomic E-state index is 12.5. The summed E-state index contributed by atoms with van der Waals surface area (Å²) in [5, 5.41) is -1.07. The van der Waals surface area contributed by atoms with Crippen LogP contribution in [-0.4, -0.2) is 17.3 Å². The molecule has 1 rings (SSSR count). The van der Waals surface area contributed by atoms with Crippen molar-refractivity contribution >= 4 is 22.5 Å². The first-order valence-corrected chi connectivity index (χ1v) is 4.17. The average Bonchev–Trinajstić information content (AvgIpc) is 2.15. The third-order valence-electron chi connectivity index (χ3n) is 1.67. The van der Waals surface area contributed by atoms with Gasteiger partial charge in [0.15, 0.2) is 0 Å². The van der Waals surface area contributed by atoms with Crippen molar-refractivity contribution in [1.82, 2.24) is 4.98 Å². The molecule has 1 aromatic rings. The summed E-state index contributed by atoms with van der Waals surface area (Å²) in [4.78, 5) is 14.3. The number of hydrogen-bond donors (Lipinski definition) is 1. The Bertz CT molecular complexity index is 398. The van der Waals surface area contributed by atoms with Gasteiger partial charge in [0.25, 0.3) is 11.7 Å². The fourth-order valence-corrected chi connectivity index (χ4v) is 1.24. The van der Waals surface area contributed by atoms with Gasteiger partial charge in [0.1, 0.15) is 5.69 Å². The van der Waals surface area contributed by atoms with Crippen molar-refractivity contribution < 1.29 is 18.3 Å². The van der Waals surface area contributed by atoms with E-state index in [1.807, 2.05) is 0 Å². The molecule has 0 saturated heterocycles. The maximum atomic E-state index is 12.5. The van der Waals surface area contributed by atoms with Crippen LogP contribution in [0.2, 0.25) is 0 Å². The van der Waals surface area contributed by atoms with Gasteiger partial charge in [0.05, 0.1) is 18.4 Å². The number of carbonyl (C=O) groups is 1. The third kappa shape index (κ3) is 2.33. The summed E-state index contributed by atoms with van der Waals surface area (Å²) in [6, 6.07) is 1.15. The van der Waals surface area contributed by atoms with E-state index in [9.17, 15) is 13.6 Å². The van der Waals surface area contributed by atoms with Crippen molar-refractivity contribution in [2.75, 3.05) is 12.8 Å². The number of ether oxygens (including phenoxy) is 1. The smallest absolute Gasteiger partial charge is 0.281 e. The van der Waals surface area contributed by atoms with Gasteiger partial charge >= 0.3 is 0 Å². The molecular weight excluding hydrogens is 230 g/mol. The minimum Gasteiger partial charge on any atom is -0.481 e. The Morgan fingerprint density at radius 3 is 2.67 bits per heavy atom. The van der Waals surface area contributed by atoms with Crippen LogP contribution in [0.5, 0.6) is 5.88 Å². The van der Waals surface area contributed by atoms with Crippen LogP contribution < -0.4 is 10.5 Å². The SMILES string of the molecule is COc1cc(N)c(C(=O)Cl)c(C(F)F)n1. The molecule has 0 unspecified atom stereocenters. The van der Waals surface area contributed by atoms with Crippen LogP contribution in [0.3, 0.4) is 0 Å². The number of nitrogens with two attached hydrogens (primary N) is 1. The predicted octanol–water partition coefficient (Wildman–Crippen LogP) is 1.99. The third-order valence-corrected chi connectivity index (χ3v) is 1.86. The number of anilines is 1. The summed E-state index contributed by atoms with van der Waals surface area (Å²) in [6.45, 7) is 0. The van der Waals surface area contributed by atoms with Gasteiger partial charge in [0.2, 0.25) is 5.88 Å². The Morgan fingerprint density at radius 2 is 2.27 bits per heavy atom. The molecule has 2 N–H and O–H groups in total. The highest BCUT2D eigenvalue weighted by molar-refractivity contribution is 6.68. The van der Waals surface area contributed by atoms with Gasteiger partial charge in [-0.1, -0.05) is 0 Å². The van der Waals surface area contributed by atoms with Gasteiger partial charge in [-0.15, -0.1) is 0 Å². The van der Waals surface area contributed by atoms with E-state index in [1.54, 1.807) is 0 Å². The highest BCUT2D eigenvalue weighted by Gasteiger charge is 2.23. The van der Waals surface area contributed by atoms with Crippen LogP contribution >= 0.6 is 11.6 Å². The molecule has 0 spiro atoms. The van der Waals surface area contributed by atoms with Crippen LogP contribution in [0.4, 0.5) is 14.5 Å². The van der Waals surface area contributed by atoms with E-state index in [0.717, 1.165) is 6.07 Å². The van der Waals surface area contributed by atoms with Crippen molar-refractivity contribution in [2.45, 2.75) is 6.43 Å². The summed E-state index contributed by atoms with van der Waals surface area (Å²) < 4.78 is 29.6. The van der Waals surface area contributed by atoms with Gasteiger partial charge in [-0.2, -0.15) is 0 Å². The highest BCUT2D eigenvalue weighted by atomic mass is 35.5. The molecule has 0 atom stereocenters. The molecule has 1 heterocycles. The number of alkyl halides is 2. The second-order valence-corrected chi connectivity index (χ2v) is 2.93. The molecule has 0 radical (unpaired) electrons. The number of nitrogens with zero attached hydrogens (tertiary/aromatic N) is 1. The van der Waals surface area contributed by atoms with E-state index in [2.05, 4.69) is 9.72 Å². The zero-order valence-corrected chi connectivity index (χ0v) is 8.39. The maximum Gasteiger partial charge on any atom is 0.281 e. The van der Waals surface area contributed by atoms with Crippen LogP contribution in [-0.2, 0) is 0 Å². The van der Waals surface area contributed by atoms with E-state index in [1.165, 1.54) is 7.11 Å². The Labute approximate surface area is 89.0 Å². The molecule has 4 nitrogen and oxygen atoms in total. The summed E-state index contributed by atoms with van der Waals surface area (Å²) >= 11 is 5.12. The van der Waals surface area contributed by atoms with Gasteiger partial charge in [-0.25, -0.2) is 13.8 Å². The first-order chi connectivity index (χ1) is 6.97. The monoisotopic (exact) mass is 236 g/mol. The molecule has 0 aliphatic carbocycles. The zero-order chi connectivity index (χ0) is 11.6. The van der Waals surface area contributed by atoms with Gasteiger partial charge in [-0.05, 0) is 11.6 Å². The molecule has 15 heavy (non-hydrogen) atoms. The molecule has 0 amide bonds. The topological polar surface area (TPSA) is 65.2 Å². The highest BCUT2D eigenvalue weighted by Crippen LogP contribution is 2.29. The fraction of sp³-hybridized carbons (Fsp3) is 0.250. The Hall–Kier alpha value is -1.43. The van der Waals surface area contributed by atoms with Crippen molar-refractivity contribution in [3.63, 3.8) is 0 Å². The second-order valence-electron chi connectivity index (χ2n) is 2.59. The lowest BCUT2D eigenvalue weighted by molar-refractivity contribution is 0.106. The normalized spacial score (nSPS) is 10.5. The second kappa shape index (κ2) is 4.39. The number of methoxy groups -OCH3 is 1. The van der Waals surface area contributed by atoms with Crippen molar-refractivity contribution in [1.29, 1.82) is 0 Å². The lowest BCUT2D eigenvalue weighted by Crippen LogP contribution is -2.07. The van der Waals surface area contributed by atoms with E-state index in [-0.39, 0.29) is 11.6 Å². The van der Waals surface area contributed by atoms with E-state index in [4.69, 9.17) is 17.3 Å². The molecule has 0 aromatic carbocycles. The Kier molecular flexibility index (Phi) is 3.41. The minimum atomic E-state index is -2.94. The van der Waals surface area contributed by atoms with Gasteiger partial charge < -0.3 is 10.5 Å². The van der Waals surface area contributed by atoms with Gasteiger partial charge in [0, 0.05) is 6.07 Å². The van der Waals surface area contributed by atoms with Crippen molar-refractivity contribution in [3.05, 3.63) is 17.3 Å². The lowest BCUT2D eigenvalue weighted by Gasteiger charge is -2.09. The summed E-state index contributed by atoms with van der Waals surface area (Å²) in [5.74, 6) is -0.0931. The first kappa shape index (κ1) is 11.6. The zero-order valence-electron chi connectivity index (χ0n) is 7.63. The molecule has 7 heteroatoms. The number of rotatable bonds is 3. The van der Waals surface area contributed by atoms with Crippen LogP contribution in [0.1, 0.15) is 22.5 Å². The van der Waals surface area contributed by atoms with Crippen molar-refractivity contribution in [3.8, 4) is 5.88 Å². The van der Waals surface area contributed by atoms with Crippen LogP contribution in [0.15, 0.2) is 6.07 Å². The van der Waals surface area contributed by atoms with Gasteiger partial charge in [-0.3, -0.25) is 4.79 Å². The number of carbonyl (C=O) groups excluding carboxylic acids is 1. The van der Waals surface area contributed by atoms with E-state index >= 15 is 0 Å². The lowest BCUT2D eigenvalue weighted by atomic mass is 10.2. The number of hydrogen-bond acceptors (Lipinski definition) is 4. The molecule has 1 aromatic heterocycles. The quantitative estimate of drug-likeness (QED) is 0.815. The number of pyridine rings is 1. The molecule has 0 aliphatic rings. The van der Waals surface area contributed by atoms with Crippen molar-refractivity contribution in [2.24, 2.45) is 0 Å². The predicted molar refractivity (Wildman–Crippen MR) is 50.3 cm³/mol. The summed E-state index contributed by atoms with van der Waals surface area (Å²) in [7, 11) is 1.25. The molecular formula is C8H7ClF2N2O2. The minimum absolute atomic E-state index is 0.0931. The summed E-state index contributed by atoms with van der Waals surface area (Å²) in [5.41, 5.74) is 3.94. The molecule has 0 aliphatic heterocycles. The largest absolute Gasteiger partial charge is 0.481 e. The number of nitrogen functional groups attached to an aromatic ring is 1. The molecule has 0 bridgehead atoms. The molecule has 82 valence electrons. The average molecular weight is 237 g/mol. The standard InChI is InChI=1S/C8H7ClF2N2O2/c1-15-4-2-3(12)5(7(9)14)6(13-4)8(10)11/h2,8H,1H3,(H2,12,13). The summed E-state index contributed by atoms with van der Waals surface area (Å²) in [6.07, 6.45) is -2.94. The Morgan fingerprint density at radius 1 is 1.67 bits per heavy atom. The Balaban J connectivity index is 3.42. The number of halogens is 3. The molecule has 0 fully saturated rings. The van der Waals surface area contributed by atoms with E-state index in [0.29, 0.717) is 0 Å². The fourth-order valence-electron chi connectivity index (χ4n) is 1.04. The first-order valence-electron chi connectivity index (χ1n) is 3.79. The van der Waals surface area contributed by atoms with Crippen LogP contribution in [0.25, 0.3) is 0 Å². The van der Waals surface area contributed by atoms with E-state index < -0.39 is 22.9 Å². The molecule has 0 saturated carbocycles. The number of aromatic nitrogens is 1. The van der Waals surface area contributed by atoms with Crippen LogP contribution in [0, 0.1) is 0 Å².